The molecule has 1 fully saturated rings. The van der Waals surface area contributed by atoms with E-state index in [4.69, 9.17) is 11.6 Å². The standard InChI is InChI=1S/C25H22ClN3O3S/c1-15-6-9-21(17(3)11-15)27-23(30)14-29-24(31)22(33-25(29)32)13-18-5-4-10-28(18)19-8-7-16(2)20(26)12-19/h4-13H,14H2,1-3H3,(H,27,30)/b22-13-. The minimum absolute atomic E-state index is 0.262. The summed E-state index contributed by atoms with van der Waals surface area (Å²) in [5.41, 5.74) is 5.18. The van der Waals surface area contributed by atoms with Gasteiger partial charge in [0.15, 0.2) is 0 Å². The van der Waals surface area contributed by atoms with Crippen molar-refractivity contribution in [1.82, 2.24) is 9.47 Å². The van der Waals surface area contributed by atoms with Gasteiger partial charge in [-0.15, -0.1) is 0 Å². The number of imide groups is 1. The monoisotopic (exact) mass is 479 g/mol. The number of hydrogen-bond donors (Lipinski definition) is 1. The van der Waals surface area contributed by atoms with Crippen LogP contribution >= 0.6 is 23.4 Å². The Bertz CT molecular complexity index is 1310. The van der Waals surface area contributed by atoms with Crippen LogP contribution in [-0.2, 0) is 9.59 Å². The molecule has 0 unspecified atom stereocenters. The van der Waals surface area contributed by atoms with Crippen LogP contribution in [0.1, 0.15) is 22.4 Å². The largest absolute Gasteiger partial charge is 0.324 e. The molecular formula is C25H22ClN3O3S. The van der Waals surface area contributed by atoms with Crippen molar-refractivity contribution >= 4 is 52.2 Å². The van der Waals surface area contributed by atoms with Crippen LogP contribution < -0.4 is 5.32 Å². The highest BCUT2D eigenvalue weighted by molar-refractivity contribution is 8.18. The zero-order valence-electron chi connectivity index (χ0n) is 18.4. The fourth-order valence-corrected chi connectivity index (χ4v) is 4.53. The minimum atomic E-state index is -0.490. The van der Waals surface area contributed by atoms with E-state index < -0.39 is 17.1 Å². The van der Waals surface area contributed by atoms with Crippen LogP contribution in [0.4, 0.5) is 10.5 Å². The molecule has 168 valence electrons. The van der Waals surface area contributed by atoms with Gasteiger partial charge in [-0.3, -0.25) is 19.3 Å². The predicted molar refractivity (Wildman–Crippen MR) is 133 cm³/mol. The second-order valence-electron chi connectivity index (χ2n) is 7.87. The molecule has 33 heavy (non-hydrogen) atoms. The molecule has 0 saturated carbocycles. The molecular weight excluding hydrogens is 458 g/mol. The third-order valence-electron chi connectivity index (χ3n) is 5.32. The molecule has 1 saturated heterocycles. The summed E-state index contributed by atoms with van der Waals surface area (Å²) in [6, 6.07) is 15.0. The van der Waals surface area contributed by atoms with Crippen LogP contribution in [0.2, 0.25) is 5.02 Å². The highest BCUT2D eigenvalue weighted by Gasteiger charge is 2.36. The molecule has 0 spiro atoms. The predicted octanol–water partition coefficient (Wildman–Crippen LogP) is 5.73. The van der Waals surface area contributed by atoms with E-state index >= 15 is 0 Å². The molecule has 1 aromatic heterocycles. The minimum Gasteiger partial charge on any atom is -0.324 e. The second-order valence-corrected chi connectivity index (χ2v) is 9.27. The van der Waals surface area contributed by atoms with Crippen LogP contribution in [0.3, 0.4) is 0 Å². The maximum atomic E-state index is 12.9. The van der Waals surface area contributed by atoms with E-state index in [1.807, 2.05) is 80.1 Å². The number of thioether (sulfide) groups is 1. The van der Waals surface area contributed by atoms with Gasteiger partial charge in [0.25, 0.3) is 11.1 Å². The number of rotatable bonds is 5. The second kappa shape index (κ2) is 9.29. The number of nitrogens with zero attached hydrogens (tertiary/aromatic N) is 2. The van der Waals surface area contributed by atoms with E-state index in [9.17, 15) is 14.4 Å². The summed E-state index contributed by atoms with van der Waals surface area (Å²) in [4.78, 5) is 39.1. The van der Waals surface area contributed by atoms with Gasteiger partial charge in [0.1, 0.15) is 6.54 Å². The highest BCUT2D eigenvalue weighted by Crippen LogP contribution is 2.33. The van der Waals surface area contributed by atoms with Gasteiger partial charge in [-0.05, 0) is 80.1 Å². The van der Waals surface area contributed by atoms with Crippen molar-refractivity contribution in [3.05, 3.63) is 87.0 Å². The summed E-state index contributed by atoms with van der Waals surface area (Å²) < 4.78 is 1.88. The summed E-state index contributed by atoms with van der Waals surface area (Å²) in [7, 11) is 0. The number of amides is 3. The maximum absolute atomic E-state index is 12.9. The molecule has 3 aromatic rings. The van der Waals surface area contributed by atoms with Gasteiger partial charge in [-0.25, -0.2) is 0 Å². The molecule has 2 heterocycles. The number of carbonyl (C=O) groups is 3. The van der Waals surface area contributed by atoms with Crippen molar-refractivity contribution in [2.24, 2.45) is 0 Å². The Morgan fingerprint density at radius 3 is 2.58 bits per heavy atom. The molecule has 1 N–H and O–H groups in total. The van der Waals surface area contributed by atoms with Gasteiger partial charge in [-0.1, -0.05) is 35.4 Å². The first-order valence-electron chi connectivity index (χ1n) is 10.3. The average Bonchev–Trinajstić information content (AvgIpc) is 3.32. The molecule has 6 nitrogen and oxygen atoms in total. The number of anilines is 1. The van der Waals surface area contributed by atoms with Crippen molar-refractivity contribution in [2.75, 3.05) is 11.9 Å². The van der Waals surface area contributed by atoms with Gasteiger partial charge < -0.3 is 9.88 Å². The Labute approximate surface area is 201 Å². The summed E-state index contributed by atoms with van der Waals surface area (Å²) in [6.45, 7) is 5.44. The first-order valence-corrected chi connectivity index (χ1v) is 11.5. The Hall–Kier alpha value is -3.29. The molecule has 0 aliphatic carbocycles. The van der Waals surface area contributed by atoms with Crippen LogP contribution in [0.5, 0.6) is 0 Å². The number of carbonyl (C=O) groups excluding carboxylic acids is 3. The molecule has 1 aliphatic heterocycles. The normalized spacial score (nSPS) is 14.9. The zero-order valence-corrected chi connectivity index (χ0v) is 20.0. The van der Waals surface area contributed by atoms with E-state index in [-0.39, 0.29) is 11.4 Å². The van der Waals surface area contributed by atoms with Crippen molar-refractivity contribution in [2.45, 2.75) is 20.8 Å². The molecule has 0 radical (unpaired) electrons. The molecule has 2 aromatic carbocycles. The van der Waals surface area contributed by atoms with Crippen molar-refractivity contribution < 1.29 is 14.4 Å². The smallest absolute Gasteiger partial charge is 0.294 e. The lowest BCUT2D eigenvalue weighted by molar-refractivity contribution is -0.127. The van der Waals surface area contributed by atoms with E-state index in [1.54, 1.807) is 6.08 Å². The maximum Gasteiger partial charge on any atom is 0.294 e. The first-order chi connectivity index (χ1) is 15.7. The molecule has 1 aliphatic rings. The fourth-order valence-electron chi connectivity index (χ4n) is 3.54. The van der Waals surface area contributed by atoms with E-state index in [0.717, 1.165) is 44.7 Å². The topological polar surface area (TPSA) is 71.4 Å². The Morgan fingerprint density at radius 2 is 1.85 bits per heavy atom. The van der Waals surface area contributed by atoms with E-state index in [1.165, 1.54) is 0 Å². The van der Waals surface area contributed by atoms with Crippen LogP contribution in [0.25, 0.3) is 11.8 Å². The van der Waals surface area contributed by atoms with E-state index in [0.29, 0.717) is 10.7 Å². The SMILES string of the molecule is Cc1ccc(NC(=O)CN2C(=O)S/C(=C\c3cccn3-c3ccc(C)c(Cl)c3)C2=O)c(C)c1. The lowest BCUT2D eigenvalue weighted by Gasteiger charge is -2.14. The highest BCUT2D eigenvalue weighted by atomic mass is 35.5. The summed E-state index contributed by atoms with van der Waals surface area (Å²) in [5, 5.41) is 2.94. The van der Waals surface area contributed by atoms with Gasteiger partial charge >= 0.3 is 0 Å². The summed E-state index contributed by atoms with van der Waals surface area (Å²) in [5.74, 6) is -0.918. The molecule has 3 amide bonds. The van der Waals surface area contributed by atoms with Gasteiger partial charge in [0.05, 0.1) is 4.91 Å². The van der Waals surface area contributed by atoms with Crippen molar-refractivity contribution in [3.63, 3.8) is 0 Å². The number of benzene rings is 2. The Balaban J connectivity index is 1.51. The average molecular weight is 480 g/mol. The summed E-state index contributed by atoms with van der Waals surface area (Å²) in [6.07, 6.45) is 3.51. The molecule has 4 rings (SSSR count). The third kappa shape index (κ3) is 4.89. The molecule has 8 heteroatoms. The van der Waals surface area contributed by atoms with Crippen LogP contribution in [0, 0.1) is 20.8 Å². The van der Waals surface area contributed by atoms with Crippen molar-refractivity contribution in [1.29, 1.82) is 0 Å². The van der Waals surface area contributed by atoms with Gasteiger partial charge in [0, 0.05) is 28.3 Å². The quantitative estimate of drug-likeness (QED) is 0.474. The lowest BCUT2D eigenvalue weighted by atomic mass is 10.1. The van der Waals surface area contributed by atoms with Gasteiger partial charge in [0.2, 0.25) is 5.91 Å². The molecule has 0 bridgehead atoms. The van der Waals surface area contributed by atoms with Gasteiger partial charge in [-0.2, -0.15) is 0 Å². The van der Waals surface area contributed by atoms with Crippen LogP contribution in [-0.4, -0.2) is 33.1 Å². The summed E-state index contributed by atoms with van der Waals surface area (Å²) >= 11 is 7.08. The number of hydrogen-bond acceptors (Lipinski definition) is 4. The van der Waals surface area contributed by atoms with Crippen LogP contribution in [0.15, 0.2) is 59.6 Å². The Morgan fingerprint density at radius 1 is 1.06 bits per heavy atom. The molecule has 0 atom stereocenters. The number of halogens is 1. The zero-order chi connectivity index (χ0) is 23.7. The number of nitrogens with one attached hydrogen (secondary N) is 1. The first kappa shape index (κ1) is 22.9. The lowest BCUT2D eigenvalue weighted by Crippen LogP contribution is -2.36. The Kier molecular flexibility index (Phi) is 6.44. The van der Waals surface area contributed by atoms with E-state index in [2.05, 4.69) is 5.32 Å². The number of aromatic nitrogens is 1. The number of aryl methyl sites for hydroxylation is 3. The van der Waals surface area contributed by atoms with Crippen molar-refractivity contribution in [3.8, 4) is 5.69 Å². The third-order valence-corrected chi connectivity index (χ3v) is 6.64. The fraction of sp³-hybridized carbons (Fsp3) is 0.160.